The van der Waals surface area contributed by atoms with E-state index in [-0.39, 0.29) is 16.7 Å². The second-order valence-corrected chi connectivity index (χ2v) is 5.58. The van der Waals surface area contributed by atoms with Gasteiger partial charge in [0.1, 0.15) is 5.75 Å². The summed E-state index contributed by atoms with van der Waals surface area (Å²) < 4.78 is 28.3. The van der Waals surface area contributed by atoms with E-state index in [9.17, 15) is 8.78 Å². The van der Waals surface area contributed by atoms with Crippen molar-refractivity contribution in [3.8, 4) is 5.75 Å². The molecular weight excluding hydrogens is 224 g/mol. The molecular formula is C13H17F2NO. The second kappa shape index (κ2) is 3.95. The second-order valence-electron chi connectivity index (χ2n) is 5.58. The summed E-state index contributed by atoms with van der Waals surface area (Å²) in [4.78, 5) is 0. The van der Waals surface area contributed by atoms with Gasteiger partial charge >= 0.3 is 6.61 Å². The lowest BCUT2D eigenvalue weighted by Gasteiger charge is -2.51. The SMILES string of the molecule is CC1(C)CC(N)(c2ccc(OC(F)F)cc2)C1. The molecule has 0 radical (unpaired) electrons. The highest BCUT2D eigenvalue weighted by molar-refractivity contribution is 5.34. The van der Waals surface area contributed by atoms with Gasteiger partial charge in [-0.15, -0.1) is 0 Å². The van der Waals surface area contributed by atoms with E-state index in [1.54, 1.807) is 24.3 Å². The summed E-state index contributed by atoms with van der Waals surface area (Å²) in [5.41, 5.74) is 7.20. The van der Waals surface area contributed by atoms with Crippen molar-refractivity contribution < 1.29 is 13.5 Å². The molecule has 2 nitrogen and oxygen atoms in total. The minimum atomic E-state index is -2.78. The third kappa shape index (κ3) is 2.57. The largest absolute Gasteiger partial charge is 0.435 e. The maximum atomic E-state index is 12.0. The number of ether oxygens (including phenoxy) is 1. The van der Waals surface area contributed by atoms with Gasteiger partial charge in [0.05, 0.1) is 0 Å². The third-order valence-corrected chi connectivity index (χ3v) is 3.24. The molecule has 1 aliphatic carbocycles. The van der Waals surface area contributed by atoms with Crippen molar-refractivity contribution in [2.75, 3.05) is 0 Å². The van der Waals surface area contributed by atoms with Crippen molar-refractivity contribution in [1.82, 2.24) is 0 Å². The summed E-state index contributed by atoms with van der Waals surface area (Å²) >= 11 is 0. The topological polar surface area (TPSA) is 35.2 Å². The first-order valence-corrected chi connectivity index (χ1v) is 5.65. The molecule has 0 aliphatic heterocycles. The van der Waals surface area contributed by atoms with Gasteiger partial charge < -0.3 is 10.5 Å². The molecule has 1 aliphatic rings. The number of benzene rings is 1. The highest BCUT2D eigenvalue weighted by Gasteiger charge is 2.47. The normalized spacial score (nSPS) is 21.1. The van der Waals surface area contributed by atoms with Crippen LogP contribution in [0, 0.1) is 5.41 Å². The number of hydrogen-bond acceptors (Lipinski definition) is 2. The van der Waals surface area contributed by atoms with Gasteiger partial charge in [0.25, 0.3) is 0 Å². The lowest BCUT2D eigenvalue weighted by molar-refractivity contribution is -0.0498. The zero-order valence-electron chi connectivity index (χ0n) is 10.0. The van der Waals surface area contributed by atoms with Crippen molar-refractivity contribution in [3.05, 3.63) is 29.8 Å². The van der Waals surface area contributed by atoms with Crippen LogP contribution in [0.2, 0.25) is 0 Å². The molecule has 0 unspecified atom stereocenters. The van der Waals surface area contributed by atoms with Crippen molar-refractivity contribution in [2.45, 2.75) is 38.8 Å². The maximum absolute atomic E-state index is 12.0. The molecule has 1 aromatic rings. The van der Waals surface area contributed by atoms with Gasteiger partial charge in [-0.2, -0.15) is 8.78 Å². The predicted molar refractivity (Wildman–Crippen MR) is 62.0 cm³/mol. The molecule has 2 N–H and O–H groups in total. The van der Waals surface area contributed by atoms with Crippen molar-refractivity contribution in [2.24, 2.45) is 11.1 Å². The minimum absolute atomic E-state index is 0.172. The smallest absolute Gasteiger partial charge is 0.387 e. The predicted octanol–water partition coefficient (Wildman–Crippen LogP) is 3.26. The first-order valence-electron chi connectivity index (χ1n) is 5.65. The fraction of sp³-hybridized carbons (Fsp3) is 0.538. The summed E-state index contributed by atoms with van der Waals surface area (Å²) in [6.45, 7) is 1.56. The zero-order valence-corrected chi connectivity index (χ0v) is 10.0. The Hall–Kier alpha value is -1.16. The molecule has 0 atom stereocenters. The van der Waals surface area contributed by atoms with Crippen LogP contribution in [0.1, 0.15) is 32.3 Å². The number of alkyl halides is 2. The van der Waals surface area contributed by atoms with Crippen LogP contribution >= 0.6 is 0 Å². The molecule has 17 heavy (non-hydrogen) atoms. The Morgan fingerprint density at radius 2 is 1.71 bits per heavy atom. The van der Waals surface area contributed by atoms with E-state index in [0.717, 1.165) is 18.4 Å². The number of hydrogen-bond donors (Lipinski definition) is 1. The Balaban J connectivity index is 2.09. The summed E-state index contributed by atoms with van der Waals surface area (Å²) in [6.07, 6.45) is 1.82. The molecule has 4 heteroatoms. The van der Waals surface area contributed by atoms with Crippen molar-refractivity contribution in [3.63, 3.8) is 0 Å². The van der Waals surface area contributed by atoms with Gasteiger partial charge in [-0.1, -0.05) is 26.0 Å². The fourth-order valence-electron chi connectivity index (χ4n) is 2.83. The van der Waals surface area contributed by atoms with E-state index in [4.69, 9.17) is 5.73 Å². The van der Waals surface area contributed by atoms with E-state index in [0.29, 0.717) is 0 Å². The Morgan fingerprint density at radius 1 is 1.18 bits per heavy atom. The van der Waals surface area contributed by atoms with Gasteiger partial charge in [0, 0.05) is 5.54 Å². The van der Waals surface area contributed by atoms with E-state index in [2.05, 4.69) is 18.6 Å². The molecule has 0 heterocycles. The molecule has 1 fully saturated rings. The van der Waals surface area contributed by atoms with Gasteiger partial charge in [0.2, 0.25) is 0 Å². The highest BCUT2D eigenvalue weighted by atomic mass is 19.3. The van der Waals surface area contributed by atoms with E-state index in [1.165, 1.54) is 0 Å². The molecule has 1 saturated carbocycles. The van der Waals surface area contributed by atoms with Crippen LogP contribution in [-0.2, 0) is 5.54 Å². The first-order chi connectivity index (χ1) is 7.81. The molecule has 0 saturated heterocycles. The van der Waals surface area contributed by atoms with Gasteiger partial charge in [0.15, 0.2) is 0 Å². The summed E-state index contributed by atoms with van der Waals surface area (Å²) in [5.74, 6) is 0.172. The van der Waals surface area contributed by atoms with Gasteiger partial charge in [-0.25, -0.2) is 0 Å². The Bertz CT molecular complexity index is 392. The molecule has 1 aromatic carbocycles. The minimum Gasteiger partial charge on any atom is -0.435 e. The monoisotopic (exact) mass is 241 g/mol. The van der Waals surface area contributed by atoms with E-state index in [1.807, 2.05) is 0 Å². The number of rotatable bonds is 3. The van der Waals surface area contributed by atoms with Crippen LogP contribution in [0.15, 0.2) is 24.3 Å². The molecule has 2 rings (SSSR count). The molecule has 0 spiro atoms. The van der Waals surface area contributed by atoms with Gasteiger partial charge in [-0.05, 0) is 36.0 Å². The Labute approximate surface area is 99.8 Å². The van der Waals surface area contributed by atoms with Crippen molar-refractivity contribution in [1.29, 1.82) is 0 Å². The molecule has 0 aromatic heterocycles. The quantitative estimate of drug-likeness (QED) is 0.881. The summed E-state index contributed by atoms with van der Waals surface area (Å²) in [5, 5.41) is 0. The summed E-state index contributed by atoms with van der Waals surface area (Å²) in [6, 6.07) is 6.63. The highest BCUT2D eigenvalue weighted by Crippen LogP contribution is 2.51. The average molecular weight is 241 g/mol. The third-order valence-electron chi connectivity index (χ3n) is 3.24. The first kappa shape index (κ1) is 12.3. The standard InChI is InChI=1S/C13H17F2NO/c1-12(2)7-13(16,8-12)9-3-5-10(6-4-9)17-11(14)15/h3-6,11H,7-8,16H2,1-2H3. The van der Waals surface area contributed by atoms with Crippen LogP contribution in [-0.4, -0.2) is 6.61 Å². The Kier molecular flexibility index (Phi) is 2.86. The molecule has 0 amide bonds. The average Bonchev–Trinajstić information content (AvgIpc) is 2.14. The lowest BCUT2D eigenvalue weighted by Crippen LogP contribution is -2.53. The molecule has 0 bridgehead atoms. The van der Waals surface area contributed by atoms with E-state index >= 15 is 0 Å². The van der Waals surface area contributed by atoms with E-state index < -0.39 is 6.61 Å². The van der Waals surface area contributed by atoms with Crippen LogP contribution in [0.25, 0.3) is 0 Å². The van der Waals surface area contributed by atoms with Gasteiger partial charge in [-0.3, -0.25) is 0 Å². The number of halogens is 2. The Morgan fingerprint density at radius 3 is 2.12 bits per heavy atom. The fourth-order valence-corrected chi connectivity index (χ4v) is 2.83. The summed E-state index contributed by atoms with van der Waals surface area (Å²) in [7, 11) is 0. The number of nitrogens with two attached hydrogens (primary N) is 1. The van der Waals surface area contributed by atoms with Crippen LogP contribution < -0.4 is 10.5 Å². The van der Waals surface area contributed by atoms with Crippen molar-refractivity contribution >= 4 is 0 Å². The maximum Gasteiger partial charge on any atom is 0.387 e. The van der Waals surface area contributed by atoms with Crippen LogP contribution in [0.4, 0.5) is 8.78 Å². The van der Waals surface area contributed by atoms with Crippen LogP contribution in [0.5, 0.6) is 5.75 Å². The lowest BCUT2D eigenvalue weighted by atomic mass is 9.57. The van der Waals surface area contributed by atoms with Crippen LogP contribution in [0.3, 0.4) is 0 Å². The zero-order chi connectivity index (χ0) is 12.7. The molecule has 94 valence electrons.